The average molecular weight is 417 g/mol. The van der Waals surface area contributed by atoms with Gasteiger partial charge in [-0.3, -0.25) is 0 Å². The zero-order valence-corrected chi connectivity index (χ0v) is 15.5. The normalized spacial score (nSPS) is 19.7. The van der Waals surface area contributed by atoms with Gasteiger partial charge in [0.25, 0.3) is 0 Å². The Morgan fingerprint density at radius 3 is 2.68 bits per heavy atom. The average Bonchev–Trinajstić information content (AvgIpc) is 2.90. The number of guanidine groups is 1. The molecule has 2 aliphatic rings. The highest BCUT2D eigenvalue weighted by molar-refractivity contribution is 14.0. The Balaban J connectivity index is 0.00000176. The molecule has 1 aliphatic heterocycles. The van der Waals surface area contributed by atoms with Gasteiger partial charge in [0.15, 0.2) is 5.96 Å². The van der Waals surface area contributed by atoms with E-state index in [0.29, 0.717) is 17.5 Å². The molecule has 0 atom stereocenters. The molecule has 122 valence electrons. The van der Waals surface area contributed by atoms with E-state index in [2.05, 4.69) is 22.1 Å². The van der Waals surface area contributed by atoms with E-state index in [-0.39, 0.29) is 29.8 Å². The number of benzene rings is 1. The fourth-order valence-electron chi connectivity index (χ4n) is 3.41. The van der Waals surface area contributed by atoms with Crippen molar-refractivity contribution in [2.24, 2.45) is 10.4 Å². The lowest BCUT2D eigenvalue weighted by Crippen LogP contribution is -2.42. The van der Waals surface area contributed by atoms with Crippen molar-refractivity contribution in [1.29, 1.82) is 0 Å². The maximum absolute atomic E-state index is 13.7. The summed E-state index contributed by atoms with van der Waals surface area (Å²) < 4.78 is 13.7. The van der Waals surface area contributed by atoms with Crippen LogP contribution in [0.15, 0.2) is 29.3 Å². The third-order valence-electron chi connectivity index (χ3n) is 4.84. The molecule has 1 aromatic rings. The predicted molar refractivity (Wildman–Crippen MR) is 99.1 cm³/mol. The third-order valence-corrected chi connectivity index (χ3v) is 4.84. The van der Waals surface area contributed by atoms with Crippen molar-refractivity contribution < 1.29 is 4.39 Å². The van der Waals surface area contributed by atoms with Crippen LogP contribution in [0.4, 0.5) is 4.39 Å². The summed E-state index contributed by atoms with van der Waals surface area (Å²) >= 11 is 0. The first-order chi connectivity index (χ1) is 10.2. The summed E-state index contributed by atoms with van der Waals surface area (Å²) in [7, 11) is 0. The van der Waals surface area contributed by atoms with Gasteiger partial charge >= 0.3 is 0 Å². The number of hydrogen-bond acceptors (Lipinski definition) is 1. The number of rotatable bonds is 3. The monoisotopic (exact) mass is 417 g/mol. The number of likely N-dealkylation sites (tertiary alicyclic amines) is 1. The zero-order chi connectivity index (χ0) is 14.7. The minimum Gasteiger partial charge on any atom is -0.357 e. The Labute approximate surface area is 149 Å². The molecule has 0 aromatic heterocycles. The fourth-order valence-corrected chi connectivity index (χ4v) is 3.41. The zero-order valence-electron chi connectivity index (χ0n) is 13.1. The molecule has 1 aliphatic carbocycles. The van der Waals surface area contributed by atoms with E-state index in [1.54, 1.807) is 12.1 Å². The quantitative estimate of drug-likeness (QED) is 0.461. The number of nitrogens with zero attached hydrogens (tertiary/aromatic N) is 2. The fraction of sp³-hybridized carbons (Fsp3) is 0.588. The Kier molecular flexibility index (Phi) is 6.06. The molecule has 1 aromatic carbocycles. The molecule has 0 bridgehead atoms. The van der Waals surface area contributed by atoms with Crippen LogP contribution in [-0.4, -0.2) is 30.5 Å². The largest absolute Gasteiger partial charge is 0.357 e. The molecule has 1 saturated heterocycles. The van der Waals surface area contributed by atoms with E-state index < -0.39 is 0 Å². The molecule has 0 radical (unpaired) electrons. The van der Waals surface area contributed by atoms with Gasteiger partial charge in [-0.05, 0) is 37.7 Å². The summed E-state index contributed by atoms with van der Waals surface area (Å²) in [5.74, 6) is 0.763. The van der Waals surface area contributed by atoms with E-state index in [4.69, 9.17) is 0 Å². The highest BCUT2D eigenvalue weighted by atomic mass is 127. The second-order valence-electron chi connectivity index (χ2n) is 6.29. The van der Waals surface area contributed by atoms with Crippen LogP contribution in [0.25, 0.3) is 0 Å². The highest BCUT2D eigenvalue weighted by Gasteiger charge is 2.43. The molecule has 3 rings (SSSR count). The van der Waals surface area contributed by atoms with Crippen LogP contribution in [-0.2, 0) is 6.54 Å². The van der Waals surface area contributed by atoms with Gasteiger partial charge in [-0.25, -0.2) is 9.38 Å². The van der Waals surface area contributed by atoms with Gasteiger partial charge in [0.1, 0.15) is 5.82 Å². The maximum atomic E-state index is 13.7. The molecule has 5 heteroatoms. The van der Waals surface area contributed by atoms with E-state index in [9.17, 15) is 4.39 Å². The molecule has 1 heterocycles. The van der Waals surface area contributed by atoms with Crippen molar-refractivity contribution in [3.63, 3.8) is 0 Å². The number of nitrogens with one attached hydrogen (secondary N) is 1. The first-order valence-corrected chi connectivity index (χ1v) is 7.99. The molecule has 0 amide bonds. The number of aliphatic imine (C=N–C) groups is 1. The molecule has 22 heavy (non-hydrogen) atoms. The minimum absolute atomic E-state index is 0. The van der Waals surface area contributed by atoms with Crippen molar-refractivity contribution >= 4 is 29.9 Å². The van der Waals surface area contributed by atoms with Crippen molar-refractivity contribution in [1.82, 2.24) is 10.2 Å². The minimum atomic E-state index is -0.172. The summed E-state index contributed by atoms with van der Waals surface area (Å²) in [6, 6.07) is 6.88. The van der Waals surface area contributed by atoms with Gasteiger partial charge in [0.05, 0.1) is 6.54 Å². The van der Waals surface area contributed by atoms with Gasteiger partial charge in [0, 0.05) is 25.2 Å². The van der Waals surface area contributed by atoms with Gasteiger partial charge in [0.2, 0.25) is 0 Å². The van der Waals surface area contributed by atoms with Crippen LogP contribution >= 0.6 is 24.0 Å². The first kappa shape index (κ1) is 17.5. The van der Waals surface area contributed by atoms with Gasteiger partial charge in [-0.15, -0.1) is 24.0 Å². The van der Waals surface area contributed by atoms with Crippen molar-refractivity contribution in [2.75, 3.05) is 19.6 Å². The van der Waals surface area contributed by atoms with Crippen LogP contribution in [0, 0.1) is 11.2 Å². The van der Waals surface area contributed by atoms with E-state index in [1.165, 1.54) is 31.7 Å². The lowest BCUT2D eigenvalue weighted by atomic mass is 9.68. The molecular formula is C17H25FIN3. The summed E-state index contributed by atoms with van der Waals surface area (Å²) in [6.07, 6.45) is 5.36. The van der Waals surface area contributed by atoms with E-state index >= 15 is 0 Å². The Morgan fingerprint density at radius 2 is 2.09 bits per heavy atom. The summed E-state index contributed by atoms with van der Waals surface area (Å²) in [5.41, 5.74) is 1.21. The topological polar surface area (TPSA) is 27.6 Å². The Hall–Kier alpha value is -0.850. The Morgan fingerprint density at radius 1 is 1.32 bits per heavy atom. The van der Waals surface area contributed by atoms with Crippen molar-refractivity contribution in [2.45, 2.75) is 39.2 Å². The summed E-state index contributed by atoms with van der Waals surface area (Å²) in [5, 5.41) is 3.35. The van der Waals surface area contributed by atoms with Gasteiger partial charge < -0.3 is 10.2 Å². The lowest BCUT2D eigenvalue weighted by molar-refractivity contribution is 0.151. The van der Waals surface area contributed by atoms with Crippen LogP contribution in [0.2, 0.25) is 0 Å². The van der Waals surface area contributed by atoms with Crippen LogP contribution in [0.5, 0.6) is 0 Å². The van der Waals surface area contributed by atoms with Crippen molar-refractivity contribution in [3.8, 4) is 0 Å². The molecule has 1 saturated carbocycles. The van der Waals surface area contributed by atoms with E-state index in [1.807, 2.05) is 6.07 Å². The van der Waals surface area contributed by atoms with Gasteiger partial charge in [-0.2, -0.15) is 0 Å². The van der Waals surface area contributed by atoms with Crippen LogP contribution in [0.1, 0.15) is 38.2 Å². The van der Waals surface area contributed by atoms with Crippen LogP contribution < -0.4 is 5.32 Å². The second-order valence-corrected chi connectivity index (χ2v) is 6.29. The first-order valence-electron chi connectivity index (χ1n) is 7.99. The van der Waals surface area contributed by atoms with Crippen LogP contribution in [0.3, 0.4) is 0 Å². The number of halogens is 2. The third kappa shape index (κ3) is 3.73. The van der Waals surface area contributed by atoms with Crippen molar-refractivity contribution in [3.05, 3.63) is 35.6 Å². The Bertz CT molecular complexity index is 528. The molecule has 1 spiro atoms. The molecule has 1 N–H and O–H groups in total. The molecule has 3 nitrogen and oxygen atoms in total. The smallest absolute Gasteiger partial charge is 0.194 e. The standard InChI is InChI=1S/C17H24FN3.HI/c1-2-19-16(20-12-14-6-3-4-7-15(14)18)21-11-10-17(13-21)8-5-9-17;/h3-4,6-7H,2,5,8-13H2,1H3,(H,19,20);1H. The summed E-state index contributed by atoms with van der Waals surface area (Å²) in [4.78, 5) is 6.99. The molecule has 0 unspecified atom stereocenters. The highest BCUT2D eigenvalue weighted by Crippen LogP contribution is 2.47. The lowest BCUT2D eigenvalue weighted by Gasteiger charge is -2.38. The van der Waals surface area contributed by atoms with E-state index in [0.717, 1.165) is 25.6 Å². The summed E-state index contributed by atoms with van der Waals surface area (Å²) in [6.45, 7) is 5.51. The SMILES string of the molecule is CCNC(=NCc1ccccc1F)N1CCC2(CCC2)C1.I. The maximum Gasteiger partial charge on any atom is 0.194 e. The second kappa shape index (κ2) is 7.62. The predicted octanol–water partition coefficient (Wildman–Crippen LogP) is 3.79. The number of hydrogen-bond donors (Lipinski definition) is 1. The molecule has 2 fully saturated rings. The van der Waals surface area contributed by atoms with Gasteiger partial charge in [-0.1, -0.05) is 24.6 Å². The molecular weight excluding hydrogens is 392 g/mol.